The fourth-order valence-electron chi connectivity index (χ4n) is 10.4. The van der Waals surface area contributed by atoms with Crippen molar-refractivity contribution in [2.75, 3.05) is 4.90 Å². The number of rotatable bonds is 6. The van der Waals surface area contributed by atoms with E-state index in [2.05, 4.69) is 239 Å². The molecule has 0 amide bonds. The Morgan fingerprint density at radius 1 is 0.397 bits per heavy atom. The smallest absolute Gasteiger partial charge is 0.0716 e. The third kappa shape index (κ3) is 5.65. The Bertz CT molecular complexity index is 3390. The molecule has 2 aliphatic rings. The SMILES string of the molecule is C1=CCC2C(=C1)N(c1ccc(-c3cc(-c4cccc(-n5c6ccccc6c6ccccc65)c4)nc(-c4cccc(-n5c6ccccc6c6ccccc65)c4)c3)cc1)c1ccccc12. The van der Waals surface area contributed by atoms with Gasteiger partial charge in [-0.05, 0) is 108 Å². The first-order chi connectivity index (χ1) is 31.2. The molecule has 13 rings (SSSR count). The van der Waals surface area contributed by atoms with Crippen LogP contribution in [0.25, 0.3) is 88.6 Å². The highest BCUT2D eigenvalue weighted by molar-refractivity contribution is 6.10. The Morgan fingerprint density at radius 2 is 0.889 bits per heavy atom. The van der Waals surface area contributed by atoms with Crippen molar-refractivity contribution >= 4 is 55.0 Å². The summed E-state index contributed by atoms with van der Waals surface area (Å²) < 4.78 is 4.76. The Labute approximate surface area is 365 Å². The van der Waals surface area contributed by atoms with Crippen molar-refractivity contribution in [2.24, 2.45) is 0 Å². The van der Waals surface area contributed by atoms with Gasteiger partial charge in [0.2, 0.25) is 0 Å². The van der Waals surface area contributed by atoms with Crippen LogP contribution < -0.4 is 4.90 Å². The molecule has 0 radical (unpaired) electrons. The van der Waals surface area contributed by atoms with Crippen molar-refractivity contribution in [3.63, 3.8) is 0 Å². The molecule has 8 aromatic carbocycles. The Kier molecular flexibility index (Phi) is 8.00. The summed E-state index contributed by atoms with van der Waals surface area (Å²) in [5, 5.41) is 4.99. The molecule has 0 bridgehead atoms. The number of para-hydroxylation sites is 5. The number of allylic oxidation sites excluding steroid dienone is 4. The maximum absolute atomic E-state index is 5.50. The molecule has 11 aromatic rings. The molecule has 0 fully saturated rings. The number of hydrogen-bond donors (Lipinski definition) is 0. The first-order valence-corrected chi connectivity index (χ1v) is 21.8. The van der Waals surface area contributed by atoms with Gasteiger partial charge in [-0.1, -0.05) is 140 Å². The number of aromatic nitrogens is 3. The summed E-state index contributed by atoms with van der Waals surface area (Å²) in [4.78, 5) is 7.95. The zero-order chi connectivity index (χ0) is 41.4. The largest absolute Gasteiger partial charge is 0.313 e. The second-order valence-corrected chi connectivity index (χ2v) is 16.7. The second-order valence-electron chi connectivity index (χ2n) is 16.7. The maximum Gasteiger partial charge on any atom is 0.0716 e. The van der Waals surface area contributed by atoms with E-state index in [1.165, 1.54) is 66.2 Å². The molecule has 0 N–H and O–H groups in total. The molecule has 63 heavy (non-hydrogen) atoms. The molecule has 4 nitrogen and oxygen atoms in total. The summed E-state index contributed by atoms with van der Waals surface area (Å²) in [6, 6.07) is 74.9. The normalized spacial score (nSPS) is 14.4. The molecule has 1 aliphatic carbocycles. The van der Waals surface area contributed by atoms with Crippen LogP contribution in [0.5, 0.6) is 0 Å². The highest BCUT2D eigenvalue weighted by atomic mass is 15.2. The first-order valence-electron chi connectivity index (χ1n) is 21.8. The van der Waals surface area contributed by atoms with Crippen molar-refractivity contribution in [1.29, 1.82) is 0 Å². The monoisotopic (exact) mass is 804 g/mol. The van der Waals surface area contributed by atoms with E-state index in [-0.39, 0.29) is 0 Å². The summed E-state index contributed by atoms with van der Waals surface area (Å²) in [7, 11) is 0. The predicted molar refractivity (Wildman–Crippen MR) is 262 cm³/mol. The van der Waals surface area contributed by atoms with Gasteiger partial charge in [0.15, 0.2) is 0 Å². The van der Waals surface area contributed by atoms with Crippen LogP contribution in [0, 0.1) is 0 Å². The molecular formula is C59H40N4. The molecule has 4 heterocycles. The molecule has 296 valence electrons. The third-order valence-electron chi connectivity index (χ3n) is 13.2. The Morgan fingerprint density at radius 3 is 1.43 bits per heavy atom. The van der Waals surface area contributed by atoms with Gasteiger partial charge in [0.1, 0.15) is 0 Å². The van der Waals surface area contributed by atoms with E-state index in [9.17, 15) is 0 Å². The maximum atomic E-state index is 5.50. The lowest BCUT2D eigenvalue weighted by Crippen LogP contribution is -2.14. The molecule has 3 aromatic heterocycles. The number of pyridine rings is 1. The lowest BCUT2D eigenvalue weighted by atomic mass is 9.92. The highest BCUT2D eigenvalue weighted by Gasteiger charge is 2.34. The summed E-state index contributed by atoms with van der Waals surface area (Å²) in [6.45, 7) is 0. The zero-order valence-electron chi connectivity index (χ0n) is 34.4. The van der Waals surface area contributed by atoms with Crippen molar-refractivity contribution in [2.45, 2.75) is 12.3 Å². The minimum atomic E-state index is 0.382. The zero-order valence-corrected chi connectivity index (χ0v) is 34.4. The summed E-state index contributed by atoms with van der Waals surface area (Å²) in [5.74, 6) is 0.382. The fourth-order valence-corrected chi connectivity index (χ4v) is 10.4. The molecule has 0 saturated heterocycles. The molecule has 1 aliphatic heterocycles. The van der Waals surface area contributed by atoms with Gasteiger partial charge in [-0.3, -0.25) is 0 Å². The summed E-state index contributed by atoms with van der Waals surface area (Å²) in [6.07, 6.45) is 7.79. The first kappa shape index (κ1) is 35.5. The van der Waals surface area contributed by atoms with E-state index in [1.54, 1.807) is 0 Å². The molecule has 4 heteroatoms. The van der Waals surface area contributed by atoms with Gasteiger partial charge < -0.3 is 14.0 Å². The number of fused-ring (bicyclic) bond motifs is 9. The van der Waals surface area contributed by atoms with Gasteiger partial charge in [0, 0.05) is 67.0 Å². The Hall–Kier alpha value is -8.21. The van der Waals surface area contributed by atoms with E-state index in [0.29, 0.717) is 5.92 Å². The van der Waals surface area contributed by atoms with Crippen molar-refractivity contribution in [1.82, 2.24) is 14.1 Å². The van der Waals surface area contributed by atoms with Crippen LogP contribution in [0.2, 0.25) is 0 Å². The molecule has 1 unspecified atom stereocenters. The van der Waals surface area contributed by atoms with Gasteiger partial charge >= 0.3 is 0 Å². The van der Waals surface area contributed by atoms with Crippen LogP contribution >= 0.6 is 0 Å². The molecule has 1 atom stereocenters. The molecular weight excluding hydrogens is 765 g/mol. The quantitative estimate of drug-likeness (QED) is 0.167. The average molecular weight is 805 g/mol. The van der Waals surface area contributed by atoms with Gasteiger partial charge in [0.05, 0.1) is 33.5 Å². The topological polar surface area (TPSA) is 26.0 Å². The number of nitrogens with zero attached hydrogens (tertiary/aromatic N) is 4. The van der Waals surface area contributed by atoms with Crippen LogP contribution in [-0.4, -0.2) is 14.1 Å². The van der Waals surface area contributed by atoms with E-state index < -0.39 is 0 Å². The van der Waals surface area contributed by atoms with Crippen molar-refractivity contribution < 1.29 is 0 Å². The third-order valence-corrected chi connectivity index (χ3v) is 13.2. The summed E-state index contributed by atoms with van der Waals surface area (Å²) in [5.41, 5.74) is 18.4. The summed E-state index contributed by atoms with van der Waals surface area (Å²) >= 11 is 0. The number of benzene rings is 8. The van der Waals surface area contributed by atoms with Crippen LogP contribution in [0.1, 0.15) is 17.9 Å². The highest BCUT2D eigenvalue weighted by Crippen LogP contribution is 2.50. The minimum absolute atomic E-state index is 0.382. The predicted octanol–water partition coefficient (Wildman–Crippen LogP) is 15.4. The lowest BCUT2D eigenvalue weighted by molar-refractivity contribution is 0.819. The van der Waals surface area contributed by atoms with E-state index in [0.717, 1.165) is 51.4 Å². The van der Waals surface area contributed by atoms with Crippen molar-refractivity contribution in [3.05, 3.63) is 236 Å². The van der Waals surface area contributed by atoms with Gasteiger partial charge in [-0.2, -0.15) is 0 Å². The van der Waals surface area contributed by atoms with Crippen LogP contribution in [0.4, 0.5) is 11.4 Å². The van der Waals surface area contributed by atoms with E-state index in [1.807, 2.05) is 0 Å². The second kappa shape index (κ2) is 14.2. The van der Waals surface area contributed by atoms with Gasteiger partial charge in [-0.25, -0.2) is 4.98 Å². The number of anilines is 2. The average Bonchev–Trinajstić information content (AvgIpc) is 4.00. The van der Waals surface area contributed by atoms with Crippen LogP contribution in [0.15, 0.2) is 230 Å². The van der Waals surface area contributed by atoms with Gasteiger partial charge in [0.25, 0.3) is 0 Å². The van der Waals surface area contributed by atoms with Crippen LogP contribution in [-0.2, 0) is 0 Å². The van der Waals surface area contributed by atoms with E-state index >= 15 is 0 Å². The van der Waals surface area contributed by atoms with Crippen LogP contribution in [0.3, 0.4) is 0 Å². The molecule has 0 spiro atoms. The minimum Gasteiger partial charge on any atom is -0.313 e. The van der Waals surface area contributed by atoms with Gasteiger partial charge in [-0.15, -0.1) is 0 Å². The Balaban J connectivity index is 0.968. The lowest BCUT2D eigenvalue weighted by Gasteiger charge is -2.24. The number of hydrogen-bond acceptors (Lipinski definition) is 2. The van der Waals surface area contributed by atoms with E-state index in [4.69, 9.17) is 4.98 Å². The molecule has 0 saturated carbocycles. The van der Waals surface area contributed by atoms with Crippen molar-refractivity contribution in [3.8, 4) is 45.0 Å². The standard InChI is InChI=1S/C59H40N4/c1-7-25-54-46(19-1)47-20-2-8-26-55(47)61(54)43-33-31-39(32-34-43)42-37-52(40-15-13-17-44(35-40)62-56-27-9-3-21-48(56)49-22-4-10-28-57(49)62)60-53(38-42)41-16-14-18-45(36-41)63-58-29-11-5-23-50(58)51-24-6-12-30-59(51)63/h1-19,21-38,47H,20H2. The fraction of sp³-hybridized carbons (Fsp3) is 0.0339.